The lowest BCUT2D eigenvalue weighted by atomic mass is 10.0. The molecular weight excluding hydrogens is 224 g/mol. The molecular formula is C12H18O5. The van der Waals surface area contributed by atoms with Crippen LogP contribution >= 0.6 is 0 Å². The van der Waals surface area contributed by atoms with Gasteiger partial charge in [-0.2, -0.15) is 0 Å². The van der Waals surface area contributed by atoms with Crippen LogP contribution in [-0.4, -0.2) is 35.4 Å². The van der Waals surface area contributed by atoms with Gasteiger partial charge in [0.2, 0.25) is 0 Å². The standard InChI is InChI=1S/C12H18O5/c1-7(9(3)11(13)14)5-17-6-8(2)10(4)12(15)16/h7-8H,3-6H2,1-2H3,(H,13,14)(H,15,16). The normalized spacial score (nSPS) is 13.8. The summed E-state index contributed by atoms with van der Waals surface area (Å²) in [5.41, 5.74) is 0.157. The van der Waals surface area contributed by atoms with Crippen molar-refractivity contribution in [2.75, 3.05) is 13.2 Å². The van der Waals surface area contributed by atoms with Gasteiger partial charge in [-0.05, 0) is 0 Å². The Hall–Kier alpha value is -1.62. The van der Waals surface area contributed by atoms with Crippen LogP contribution in [0.4, 0.5) is 0 Å². The quantitative estimate of drug-likeness (QED) is 0.631. The van der Waals surface area contributed by atoms with Crippen molar-refractivity contribution in [3.63, 3.8) is 0 Å². The summed E-state index contributed by atoms with van der Waals surface area (Å²) in [5.74, 6) is -2.72. The zero-order valence-corrected chi connectivity index (χ0v) is 10.1. The summed E-state index contributed by atoms with van der Waals surface area (Å²) in [6, 6.07) is 0. The van der Waals surface area contributed by atoms with E-state index in [2.05, 4.69) is 13.2 Å². The molecule has 0 amide bonds. The van der Waals surface area contributed by atoms with Crippen molar-refractivity contribution >= 4 is 11.9 Å². The van der Waals surface area contributed by atoms with Gasteiger partial charge < -0.3 is 14.9 Å². The van der Waals surface area contributed by atoms with E-state index in [0.717, 1.165) is 0 Å². The molecule has 0 radical (unpaired) electrons. The lowest BCUT2D eigenvalue weighted by molar-refractivity contribution is -0.134. The highest BCUT2D eigenvalue weighted by Gasteiger charge is 2.16. The summed E-state index contributed by atoms with van der Waals surface area (Å²) in [5, 5.41) is 17.4. The Morgan fingerprint density at radius 2 is 1.29 bits per heavy atom. The van der Waals surface area contributed by atoms with Gasteiger partial charge in [0.25, 0.3) is 0 Å². The predicted molar refractivity (Wildman–Crippen MR) is 62.7 cm³/mol. The second-order valence-corrected chi connectivity index (χ2v) is 4.00. The molecule has 2 unspecified atom stereocenters. The van der Waals surface area contributed by atoms with Crippen molar-refractivity contribution in [3.8, 4) is 0 Å². The molecule has 5 heteroatoms. The highest BCUT2D eigenvalue weighted by Crippen LogP contribution is 2.12. The Kier molecular flexibility index (Phi) is 6.20. The fourth-order valence-corrected chi connectivity index (χ4v) is 1.04. The second-order valence-electron chi connectivity index (χ2n) is 4.00. The smallest absolute Gasteiger partial charge is 0.331 e. The van der Waals surface area contributed by atoms with Crippen molar-refractivity contribution in [1.82, 2.24) is 0 Å². The maximum Gasteiger partial charge on any atom is 0.331 e. The maximum atomic E-state index is 10.6. The van der Waals surface area contributed by atoms with Crippen molar-refractivity contribution < 1.29 is 24.5 Å². The molecule has 0 bridgehead atoms. The van der Waals surface area contributed by atoms with Gasteiger partial charge in [-0.3, -0.25) is 0 Å². The van der Waals surface area contributed by atoms with Gasteiger partial charge in [0, 0.05) is 23.0 Å². The summed E-state index contributed by atoms with van der Waals surface area (Å²) in [6.07, 6.45) is 0. The number of hydrogen-bond donors (Lipinski definition) is 2. The molecule has 0 fully saturated rings. The Bertz CT molecular complexity index is 300. The second kappa shape index (κ2) is 6.85. The van der Waals surface area contributed by atoms with Crippen molar-refractivity contribution in [2.24, 2.45) is 11.8 Å². The SMILES string of the molecule is C=C(C(=O)O)C(C)COCC(C)C(=C)C(=O)O. The average Bonchev–Trinajstić information content (AvgIpc) is 2.26. The molecule has 0 aromatic carbocycles. The van der Waals surface area contributed by atoms with Crippen LogP contribution in [-0.2, 0) is 14.3 Å². The van der Waals surface area contributed by atoms with Gasteiger partial charge in [-0.15, -0.1) is 0 Å². The number of carboxylic acids is 2. The van der Waals surface area contributed by atoms with E-state index in [9.17, 15) is 9.59 Å². The molecule has 96 valence electrons. The van der Waals surface area contributed by atoms with Crippen molar-refractivity contribution in [1.29, 1.82) is 0 Å². The first kappa shape index (κ1) is 15.4. The summed E-state index contributed by atoms with van der Waals surface area (Å²) >= 11 is 0. The number of carboxylic acid groups (broad SMARTS) is 2. The molecule has 0 aliphatic carbocycles. The summed E-state index contributed by atoms with van der Waals surface area (Å²) in [4.78, 5) is 21.2. The highest BCUT2D eigenvalue weighted by molar-refractivity contribution is 5.86. The van der Waals surface area contributed by atoms with E-state index in [4.69, 9.17) is 14.9 Å². The van der Waals surface area contributed by atoms with Crippen LogP contribution in [0.3, 0.4) is 0 Å². The molecule has 0 saturated carbocycles. The van der Waals surface area contributed by atoms with Gasteiger partial charge >= 0.3 is 11.9 Å². The molecule has 0 aromatic heterocycles. The highest BCUT2D eigenvalue weighted by atomic mass is 16.5. The Morgan fingerprint density at radius 3 is 1.53 bits per heavy atom. The summed E-state index contributed by atoms with van der Waals surface area (Å²) < 4.78 is 5.25. The summed E-state index contributed by atoms with van der Waals surface area (Å²) in [6.45, 7) is 10.6. The minimum Gasteiger partial charge on any atom is -0.478 e. The molecule has 0 aliphatic rings. The van der Waals surface area contributed by atoms with Crippen molar-refractivity contribution in [2.45, 2.75) is 13.8 Å². The van der Waals surface area contributed by atoms with Gasteiger partial charge in [-0.1, -0.05) is 27.0 Å². The molecule has 2 atom stereocenters. The number of hydrogen-bond acceptors (Lipinski definition) is 3. The van der Waals surface area contributed by atoms with Gasteiger partial charge in [0.15, 0.2) is 0 Å². The minimum atomic E-state index is -1.05. The fourth-order valence-electron chi connectivity index (χ4n) is 1.04. The minimum absolute atomic E-state index is 0.0784. The average molecular weight is 242 g/mol. The Labute approximate surface area is 100 Å². The first-order valence-electron chi connectivity index (χ1n) is 5.19. The zero-order valence-electron chi connectivity index (χ0n) is 10.1. The van der Waals surface area contributed by atoms with Crippen LogP contribution in [0.5, 0.6) is 0 Å². The van der Waals surface area contributed by atoms with E-state index < -0.39 is 11.9 Å². The number of ether oxygens (including phenoxy) is 1. The number of carbonyl (C=O) groups is 2. The lowest BCUT2D eigenvalue weighted by Gasteiger charge is -2.15. The first-order valence-corrected chi connectivity index (χ1v) is 5.19. The molecule has 5 nitrogen and oxygen atoms in total. The number of aliphatic carboxylic acids is 2. The van der Waals surface area contributed by atoms with Crippen molar-refractivity contribution in [3.05, 3.63) is 24.3 Å². The van der Waals surface area contributed by atoms with Gasteiger partial charge in [-0.25, -0.2) is 9.59 Å². The van der Waals surface area contributed by atoms with Crippen LogP contribution in [0.2, 0.25) is 0 Å². The molecule has 0 heterocycles. The summed E-state index contributed by atoms with van der Waals surface area (Å²) in [7, 11) is 0. The lowest BCUT2D eigenvalue weighted by Crippen LogP contribution is -2.19. The van der Waals surface area contributed by atoms with Crippen LogP contribution < -0.4 is 0 Å². The van der Waals surface area contributed by atoms with E-state index in [-0.39, 0.29) is 36.2 Å². The third-order valence-corrected chi connectivity index (χ3v) is 2.47. The van der Waals surface area contributed by atoms with E-state index in [1.165, 1.54) is 0 Å². The van der Waals surface area contributed by atoms with Crippen LogP contribution in [0.25, 0.3) is 0 Å². The first-order chi connectivity index (χ1) is 7.77. The molecule has 0 saturated heterocycles. The Balaban J connectivity index is 4.00. The van der Waals surface area contributed by atoms with Gasteiger partial charge in [0.1, 0.15) is 0 Å². The monoisotopic (exact) mass is 242 g/mol. The van der Waals surface area contributed by atoms with E-state index in [1.54, 1.807) is 13.8 Å². The molecule has 2 N–H and O–H groups in total. The van der Waals surface area contributed by atoms with Crippen LogP contribution in [0.15, 0.2) is 24.3 Å². The largest absolute Gasteiger partial charge is 0.478 e. The van der Waals surface area contributed by atoms with Crippen LogP contribution in [0, 0.1) is 11.8 Å². The maximum absolute atomic E-state index is 10.6. The Morgan fingerprint density at radius 1 is 1.00 bits per heavy atom. The number of rotatable bonds is 8. The third-order valence-electron chi connectivity index (χ3n) is 2.47. The fraction of sp³-hybridized carbons (Fsp3) is 0.500. The van der Waals surface area contributed by atoms with Gasteiger partial charge in [0.05, 0.1) is 13.2 Å². The third kappa shape index (κ3) is 5.31. The predicted octanol–water partition coefficient (Wildman–Crippen LogP) is 1.56. The zero-order chi connectivity index (χ0) is 13.6. The van der Waals surface area contributed by atoms with Crippen LogP contribution in [0.1, 0.15) is 13.8 Å². The van der Waals surface area contributed by atoms with E-state index in [0.29, 0.717) is 0 Å². The molecule has 17 heavy (non-hydrogen) atoms. The molecule has 0 aromatic rings. The van der Waals surface area contributed by atoms with E-state index >= 15 is 0 Å². The molecule has 0 aliphatic heterocycles. The topological polar surface area (TPSA) is 83.8 Å². The van der Waals surface area contributed by atoms with E-state index in [1.807, 2.05) is 0 Å². The molecule has 0 spiro atoms. The molecule has 0 rings (SSSR count).